The second-order valence-corrected chi connectivity index (χ2v) is 7.36. The number of nitrogens with one attached hydrogen (secondary N) is 1. The van der Waals surface area contributed by atoms with Crippen LogP contribution in [-0.2, 0) is 0 Å². The maximum Gasteiger partial charge on any atom is 0.0186 e. The van der Waals surface area contributed by atoms with Crippen LogP contribution in [0.3, 0.4) is 0 Å². The third-order valence-electron chi connectivity index (χ3n) is 4.25. The van der Waals surface area contributed by atoms with Crippen LogP contribution in [0.25, 0.3) is 0 Å². The standard InChI is InChI=1S/C16H33NS/c1-5-14-7-9-15(10-8-14)16(17-6-2)12-18-11-13(3)4/h13-17H,5-12H2,1-4H3. The Morgan fingerprint density at radius 1 is 1.06 bits per heavy atom. The van der Waals surface area contributed by atoms with Crippen molar-refractivity contribution in [3.05, 3.63) is 0 Å². The summed E-state index contributed by atoms with van der Waals surface area (Å²) in [5, 5.41) is 3.74. The molecule has 0 saturated heterocycles. The smallest absolute Gasteiger partial charge is 0.0186 e. The van der Waals surface area contributed by atoms with Crippen molar-refractivity contribution < 1.29 is 0 Å². The second-order valence-electron chi connectivity index (χ2n) is 6.28. The lowest BCUT2D eigenvalue weighted by Gasteiger charge is -2.34. The molecule has 1 aliphatic rings. The first-order valence-corrected chi connectivity index (χ1v) is 9.13. The Hall–Kier alpha value is 0.310. The average molecular weight is 272 g/mol. The highest BCUT2D eigenvalue weighted by Gasteiger charge is 2.26. The van der Waals surface area contributed by atoms with E-state index in [0.29, 0.717) is 0 Å². The van der Waals surface area contributed by atoms with Crippen molar-refractivity contribution in [1.82, 2.24) is 5.32 Å². The first-order chi connectivity index (χ1) is 8.67. The number of hydrogen-bond acceptors (Lipinski definition) is 2. The van der Waals surface area contributed by atoms with E-state index in [1.165, 1.54) is 43.6 Å². The number of rotatable bonds is 8. The zero-order chi connectivity index (χ0) is 13.4. The van der Waals surface area contributed by atoms with Crippen molar-refractivity contribution in [3.63, 3.8) is 0 Å². The lowest BCUT2D eigenvalue weighted by molar-refractivity contribution is 0.229. The summed E-state index contributed by atoms with van der Waals surface area (Å²) in [5.41, 5.74) is 0. The van der Waals surface area contributed by atoms with Crippen molar-refractivity contribution in [3.8, 4) is 0 Å². The Bertz CT molecular complexity index is 197. The fourth-order valence-corrected chi connectivity index (χ4v) is 4.30. The molecule has 1 atom stereocenters. The minimum absolute atomic E-state index is 0.761. The lowest BCUT2D eigenvalue weighted by Crippen LogP contribution is -2.40. The fraction of sp³-hybridized carbons (Fsp3) is 1.00. The molecule has 0 aromatic carbocycles. The fourth-order valence-electron chi connectivity index (χ4n) is 3.05. The van der Waals surface area contributed by atoms with Crippen molar-refractivity contribution in [2.45, 2.75) is 65.8 Å². The van der Waals surface area contributed by atoms with Gasteiger partial charge in [-0.1, -0.05) is 47.0 Å². The molecule has 0 spiro atoms. The van der Waals surface area contributed by atoms with E-state index in [1.807, 2.05) is 0 Å². The van der Waals surface area contributed by atoms with Crippen LogP contribution in [-0.4, -0.2) is 24.1 Å². The van der Waals surface area contributed by atoms with Gasteiger partial charge in [0, 0.05) is 11.8 Å². The van der Waals surface area contributed by atoms with Crippen LogP contribution in [0, 0.1) is 17.8 Å². The molecule has 18 heavy (non-hydrogen) atoms. The molecule has 1 saturated carbocycles. The summed E-state index contributed by atoms with van der Waals surface area (Å²) in [6, 6.07) is 0.761. The van der Waals surface area contributed by atoms with Crippen LogP contribution < -0.4 is 5.32 Å². The average Bonchev–Trinajstić information content (AvgIpc) is 2.37. The quantitative estimate of drug-likeness (QED) is 0.694. The molecule has 0 aromatic heterocycles. The molecule has 1 fully saturated rings. The summed E-state index contributed by atoms with van der Waals surface area (Å²) < 4.78 is 0. The first-order valence-electron chi connectivity index (χ1n) is 7.98. The van der Waals surface area contributed by atoms with Gasteiger partial charge in [0.1, 0.15) is 0 Å². The van der Waals surface area contributed by atoms with Crippen molar-refractivity contribution >= 4 is 11.8 Å². The van der Waals surface area contributed by atoms with Gasteiger partial charge in [0.15, 0.2) is 0 Å². The minimum atomic E-state index is 0.761. The maximum absolute atomic E-state index is 3.74. The van der Waals surface area contributed by atoms with Crippen LogP contribution in [0.4, 0.5) is 0 Å². The molecule has 108 valence electrons. The molecule has 0 amide bonds. The zero-order valence-corrected chi connectivity index (χ0v) is 13.7. The van der Waals surface area contributed by atoms with E-state index < -0.39 is 0 Å². The molecule has 1 nitrogen and oxygen atoms in total. The molecular weight excluding hydrogens is 238 g/mol. The summed E-state index contributed by atoms with van der Waals surface area (Å²) in [6.45, 7) is 10.4. The molecule has 1 rings (SSSR count). The van der Waals surface area contributed by atoms with Gasteiger partial charge in [-0.3, -0.25) is 0 Å². The first kappa shape index (κ1) is 16.4. The summed E-state index contributed by atoms with van der Waals surface area (Å²) >= 11 is 2.15. The maximum atomic E-state index is 3.74. The predicted molar refractivity (Wildman–Crippen MR) is 85.4 cm³/mol. The van der Waals surface area contributed by atoms with Gasteiger partial charge >= 0.3 is 0 Å². The largest absolute Gasteiger partial charge is 0.313 e. The summed E-state index contributed by atoms with van der Waals surface area (Å²) in [7, 11) is 0. The molecule has 0 radical (unpaired) electrons. The lowest BCUT2D eigenvalue weighted by atomic mass is 9.78. The van der Waals surface area contributed by atoms with Gasteiger partial charge in [0.05, 0.1) is 0 Å². The molecule has 1 N–H and O–H groups in total. The van der Waals surface area contributed by atoms with Gasteiger partial charge in [-0.15, -0.1) is 0 Å². The van der Waals surface area contributed by atoms with Gasteiger partial charge in [-0.05, 0) is 42.9 Å². The Labute approximate surface area is 119 Å². The van der Waals surface area contributed by atoms with Crippen LogP contribution in [0.2, 0.25) is 0 Å². The summed E-state index contributed by atoms with van der Waals surface area (Å²) in [6.07, 6.45) is 7.24. The molecule has 1 unspecified atom stereocenters. The van der Waals surface area contributed by atoms with Crippen molar-refractivity contribution in [1.29, 1.82) is 0 Å². The molecular formula is C16H33NS. The van der Waals surface area contributed by atoms with Crippen LogP contribution >= 0.6 is 11.8 Å². The van der Waals surface area contributed by atoms with E-state index >= 15 is 0 Å². The van der Waals surface area contributed by atoms with Gasteiger partial charge in [0.25, 0.3) is 0 Å². The monoisotopic (exact) mass is 271 g/mol. The van der Waals surface area contributed by atoms with E-state index in [1.54, 1.807) is 0 Å². The number of hydrogen-bond donors (Lipinski definition) is 1. The van der Waals surface area contributed by atoms with E-state index in [-0.39, 0.29) is 0 Å². The Morgan fingerprint density at radius 3 is 2.22 bits per heavy atom. The highest BCUT2D eigenvalue weighted by atomic mass is 32.2. The molecule has 2 heteroatoms. The van der Waals surface area contributed by atoms with Gasteiger partial charge in [-0.2, -0.15) is 11.8 Å². The summed E-state index contributed by atoms with van der Waals surface area (Å²) in [5.74, 6) is 5.41. The van der Waals surface area contributed by atoms with Crippen molar-refractivity contribution in [2.24, 2.45) is 17.8 Å². The third-order valence-corrected chi connectivity index (χ3v) is 5.75. The van der Waals surface area contributed by atoms with E-state index in [2.05, 4.69) is 44.8 Å². The molecule has 1 aliphatic carbocycles. The van der Waals surface area contributed by atoms with Gasteiger partial charge < -0.3 is 5.32 Å². The Kier molecular flexibility index (Phi) is 8.41. The Balaban J connectivity index is 2.32. The highest BCUT2D eigenvalue weighted by Crippen LogP contribution is 2.33. The molecule has 0 aromatic rings. The molecule has 0 aliphatic heterocycles. The van der Waals surface area contributed by atoms with E-state index in [0.717, 1.165) is 30.3 Å². The van der Waals surface area contributed by atoms with Crippen LogP contribution in [0.5, 0.6) is 0 Å². The van der Waals surface area contributed by atoms with Crippen molar-refractivity contribution in [2.75, 3.05) is 18.1 Å². The third kappa shape index (κ3) is 5.97. The van der Waals surface area contributed by atoms with Crippen LogP contribution in [0.15, 0.2) is 0 Å². The van der Waals surface area contributed by atoms with Gasteiger partial charge in [-0.25, -0.2) is 0 Å². The predicted octanol–water partition coefficient (Wildman–Crippen LogP) is 4.57. The van der Waals surface area contributed by atoms with E-state index in [9.17, 15) is 0 Å². The number of thioether (sulfide) groups is 1. The minimum Gasteiger partial charge on any atom is -0.313 e. The highest BCUT2D eigenvalue weighted by molar-refractivity contribution is 7.99. The second kappa shape index (κ2) is 9.25. The van der Waals surface area contributed by atoms with Crippen LogP contribution in [0.1, 0.15) is 59.8 Å². The Morgan fingerprint density at radius 2 is 1.72 bits per heavy atom. The van der Waals surface area contributed by atoms with E-state index in [4.69, 9.17) is 0 Å². The molecule has 0 heterocycles. The normalized spacial score (nSPS) is 26.5. The molecule has 0 bridgehead atoms. The van der Waals surface area contributed by atoms with Gasteiger partial charge in [0.2, 0.25) is 0 Å². The topological polar surface area (TPSA) is 12.0 Å². The summed E-state index contributed by atoms with van der Waals surface area (Å²) in [4.78, 5) is 0. The zero-order valence-electron chi connectivity index (χ0n) is 12.9. The SMILES string of the molecule is CCNC(CSCC(C)C)C1CCC(CC)CC1.